The van der Waals surface area contributed by atoms with Gasteiger partial charge in [-0.3, -0.25) is 4.79 Å². The third-order valence-electron chi connectivity index (χ3n) is 3.70. The summed E-state index contributed by atoms with van der Waals surface area (Å²) >= 11 is 3.39. The van der Waals surface area contributed by atoms with Gasteiger partial charge in [-0.05, 0) is 37.5 Å². The van der Waals surface area contributed by atoms with Crippen molar-refractivity contribution in [2.24, 2.45) is 0 Å². The Labute approximate surface area is 122 Å². The fourth-order valence-corrected chi connectivity index (χ4v) is 2.83. The van der Waals surface area contributed by atoms with Crippen LogP contribution < -0.4 is 5.73 Å². The summed E-state index contributed by atoms with van der Waals surface area (Å²) in [5.41, 5.74) is 8.06. The average molecular weight is 327 g/mol. The third kappa shape index (κ3) is 3.09. The van der Waals surface area contributed by atoms with Crippen molar-refractivity contribution >= 4 is 27.5 Å². The van der Waals surface area contributed by atoms with E-state index in [4.69, 9.17) is 10.5 Å². The standard InChI is InChI=1S/C14H19BrN2O2/c1-9-12(7-10(15)8-13(9)16)14(18)17(2)11-3-5-19-6-4-11/h7-8,11H,3-6,16H2,1-2H3. The van der Waals surface area contributed by atoms with Gasteiger partial charge in [-0.15, -0.1) is 0 Å². The van der Waals surface area contributed by atoms with E-state index in [-0.39, 0.29) is 11.9 Å². The Bertz CT molecular complexity index is 485. The second kappa shape index (κ2) is 5.92. The summed E-state index contributed by atoms with van der Waals surface area (Å²) in [6.45, 7) is 3.33. The Hall–Kier alpha value is -1.07. The Balaban J connectivity index is 2.23. The highest BCUT2D eigenvalue weighted by molar-refractivity contribution is 9.10. The molecule has 19 heavy (non-hydrogen) atoms. The molecule has 0 aromatic heterocycles. The number of benzene rings is 1. The van der Waals surface area contributed by atoms with E-state index in [1.807, 2.05) is 31.0 Å². The molecule has 2 N–H and O–H groups in total. The molecule has 0 unspecified atom stereocenters. The fraction of sp³-hybridized carbons (Fsp3) is 0.500. The van der Waals surface area contributed by atoms with Gasteiger partial charge in [0.1, 0.15) is 0 Å². The van der Waals surface area contributed by atoms with Crippen molar-refractivity contribution in [2.45, 2.75) is 25.8 Å². The molecule has 0 aliphatic carbocycles. The molecule has 0 saturated carbocycles. The second-order valence-corrected chi connectivity index (χ2v) is 5.84. The van der Waals surface area contributed by atoms with Crippen molar-refractivity contribution in [1.82, 2.24) is 4.90 Å². The van der Waals surface area contributed by atoms with Crippen LogP contribution in [0.25, 0.3) is 0 Å². The maximum atomic E-state index is 12.6. The summed E-state index contributed by atoms with van der Waals surface area (Å²) in [6, 6.07) is 3.91. The van der Waals surface area contributed by atoms with E-state index < -0.39 is 0 Å². The van der Waals surface area contributed by atoms with E-state index in [0.717, 1.165) is 36.1 Å². The summed E-state index contributed by atoms with van der Waals surface area (Å²) in [5, 5.41) is 0. The van der Waals surface area contributed by atoms with E-state index >= 15 is 0 Å². The number of anilines is 1. The Morgan fingerprint density at radius 2 is 2.05 bits per heavy atom. The number of carbonyl (C=O) groups excluding carboxylic acids is 1. The van der Waals surface area contributed by atoms with Gasteiger partial charge in [-0.1, -0.05) is 15.9 Å². The van der Waals surface area contributed by atoms with Gasteiger partial charge in [0.15, 0.2) is 0 Å². The van der Waals surface area contributed by atoms with Gasteiger partial charge < -0.3 is 15.4 Å². The molecule has 4 nitrogen and oxygen atoms in total. The first-order valence-electron chi connectivity index (χ1n) is 6.41. The molecule has 1 aromatic rings. The van der Waals surface area contributed by atoms with Gasteiger partial charge in [0.25, 0.3) is 5.91 Å². The highest BCUT2D eigenvalue weighted by atomic mass is 79.9. The number of rotatable bonds is 2. The zero-order valence-electron chi connectivity index (χ0n) is 11.3. The lowest BCUT2D eigenvalue weighted by atomic mass is 10.0. The number of carbonyl (C=O) groups is 1. The van der Waals surface area contributed by atoms with Crippen molar-refractivity contribution in [2.75, 3.05) is 26.0 Å². The Morgan fingerprint density at radius 1 is 1.42 bits per heavy atom. The number of amides is 1. The Kier molecular flexibility index (Phi) is 4.47. The van der Waals surface area contributed by atoms with Crippen LogP contribution >= 0.6 is 15.9 Å². The molecule has 1 heterocycles. The van der Waals surface area contributed by atoms with Gasteiger partial charge in [-0.2, -0.15) is 0 Å². The topological polar surface area (TPSA) is 55.6 Å². The molecule has 0 atom stereocenters. The predicted octanol–water partition coefficient (Wildman–Crippen LogP) is 2.59. The number of nitrogen functional groups attached to an aromatic ring is 1. The van der Waals surface area contributed by atoms with E-state index in [9.17, 15) is 4.79 Å². The quantitative estimate of drug-likeness (QED) is 0.850. The number of nitrogens with two attached hydrogens (primary N) is 1. The normalized spacial score (nSPS) is 16.4. The van der Waals surface area contributed by atoms with Crippen LogP contribution in [0.15, 0.2) is 16.6 Å². The van der Waals surface area contributed by atoms with E-state index in [0.29, 0.717) is 11.3 Å². The van der Waals surface area contributed by atoms with Gasteiger partial charge in [0, 0.05) is 42.0 Å². The smallest absolute Gasteiger partial charge is 0.254 e. The molecule has 1 amide bonds. The minimum Gasteiger partial charge on any atom is -0.398 e. The van der Waals surface area contributed by atoms with Crippen molar-refractivity contribution in [1.29, 1.82) is 0 Å². The number of ether oxygens (including phenoxy) is 1. The molecule has 104 valence electrons. The molecule has 0 bridgehead atoms. The SMILES string of the molecule is Cc1c(N)cc(Br)cc1C(=O)N(C)C1CCOCC1. The van der Waals surface area contributed by atoms with Crippen LogP contribution in [0.1, 0.15) is 28.8 Å². The number of hydrogen-bond acceptors (Lipinski definition) is 3. The molecule has 1 aromatic carbocycles. The van der Waals surface area contributed by atoms with Gasteiger partial charge in [0.2, 0.25) is 0 Å². The number of hydrogen-bond donors (Lipinski definition) is 1. The molecular weight excluding hydrogens is 308 g/mol. The lowest BCUT2D eigenvalue weighted by Crippen LogP contribution is -2.40. The van der Waals surface area contributed by atoms with Crippen molar-refractivity contribution in [3.05, 3.63) is 27.7 Å². The summed E-state index contributed by atoms with van der Waals surface area (Å²) in [5.74, 6) is 0.0254. The minimum absolute atomic E-state index is 0.0254. The molecule has 1 fully saturated rings. The highest BCUT2D eigenvalue weighted by Gasteiger charge is 2.24. The largest absolute Gasteiger partial charge is 0.398 e. The van der Waals surface area contributed by atoms with Crippen LogP contribution in [0.2, 0.25) is 0 Å². The maximum absolute atomic E-state index is 12.6. The van der Waals surface area contributed by atoms with Crippen molar-refractivity contribution in [3.8, 4) is 0 Å². The van der Waals surface area contributed by atoms with Crippen LogP contribution in [0.5, 0.6) is 0 Å². The first-order chi connectivity index (χ1) is 9.00. The monoisotopic (exact) mass is 326 g/mol. The summed E-state index contributed by atoms with van der Waals surface area (Å²) in [7, 11) is 1.86. The summed E-state index contributed by atoms with van der Waals surface area (Å²) in [6.07, 6.45) is 1.79. The minimum atomic E-state index is 0.0254. The maximum Gasteiger partial charge on any atom is 0.254 e. The van der Waals surface area contributed by atoms with Crippen LogP contribution in [-0.2, 0) is 4.74 Å². The predicted molar refractivity (Wildman–Crippen MR) is 79.2 cm³/mol. The molecule has 0 radical (unpaired) electrons. The number of halogens is 1. The summed E-state index contributed by atoms with van der Waals surface area (Å²) in [4.78, 5) is 14.4. The molecule has 1 aliphatic rings. The molecule has 1 saturated heterocycles. The zero-order chi connectivity index (χ0) is 14.0. The van der Waals surface area contributed by atoms with E-state index in [1.165, 1.54) is 0 Å². The molecule has 2 rings (SSSR count). The van der Waals surface area contributed by atoms with Gasteiger partial charge >= 0.3 is 0 Å². The highest BCUT2D eigenvalue weighted by Crippen LogP contribution is 2.25. The van der Waals surface area contributed by atoms with Crippen LogP contribution in [0.3, 0.4) is 0 Å². The van der Waals surface area contributed by atoms with E-state index in [1.54, 1.807) is 0 Å². The lowest BCUT2D eigenvalue weighted by Gasteiger charge is -2.31. The van der Waals surface area contributed by atoms with Crippen LogP contribution in [-0.4, -0.2) is 37.1 Å². The second-order valence-electron chi connectivity index (χ2n) is 4.93. The molecule has 5 heteroatoms. The molecule has 1 aliphatic heterocycles. The van der Waals surface area contributed by atoms with Crippen molar-refractivity contribution < 1.29 is 9.53 Å². The van der Waals surface area contributed by atoms with Gasteiger partial charge in [-0.25, -0.2) is 0 Å². The molecule has 0 spiro atoms. The lowest BCUT2D eigenvalue weighted by molar-refractivity contribution is 0.0361. The fourth-order valence-electron chi connectivity index (χ4n) is 2.35. The number of nitrogens with zero attached hydrogens (tertiary/aromatic N) is 1. The first-order valence-corrected chi connectivity index (χ1v) is 7.20. The van der Waals surface area contributed by atoms with E-state index in [2.05, 4.69) is 15.9 Å². The average Bonchev–Trinajstić information content (AvgIpc) is 2.42. The molecular formula is C14H19BrN2O2. The van der Waals surface area contributed by atoms with Crippen LogP contribution in [0, 0.1) is 6.92 Å². The zero-order valence-corrected chi connectivity index (χ0v) is 12.9. The van der Waals surface area contributed by atoms with Crippen LogP contribution in [0.4, 0.5) is 5.69 Å². The Morgan fingerprint density at radius 3 is 2.68 bits per heavy atom. The van der Waals surface area contributed by atoms with Gasteiger partial charge in [0.05, 0.1) is 0 Å². The first kappa shape index (κ1) is 14.3. The summed E-state index contributed by atoms with van der Waals surface area (Å²) < 4.78 is 6.16. The third-order valence-corrected chi connectivity index (χ3v) is 4.16. The van der Waals surface area contributed by atoms with Crippen molar-refractivity contribution in [3.63, 3.8) is 0 Å².